The van der Waals surface area contributed by atoms with E-state index in [-0.39, 0.29) is 24.4 Å². The maximum atomic E-state index is 12.6. The molecule has 0 aliphatic carbocycles. The Hall–Kier alpha value is -2.00. The van der Waals surface area contributed by atoms with Gasteiger partial charge in [-0.1, -0.05) is 18.2 Å². The highest BCUT2D eigenvalue weighted by atomic mass is 16.6. The van der Waals surface area contributed by atoms with Gasteiger partial charge in [0.1, 0.15) is 17.8 Å². The van der Waals surface area contributed by atoms with Gasteiger partial charge < -0.3 is 29.5 Å². The highest BCUT2D eigenvalue weighted by Gasteiger charge is 2.46. The molecule has 0 bridgehead atoms. The molecule has 0 spiro atoms. The summed E-state index contributed by atoms with van der Waals surface area (Å²) in [5, 5.41) is 27.6. The summed E-state index contributed by atoms with van der Waals surface area (Å²) in [6.45, 7) is 4.19. The average Bonchev–Trinajstić information content (AvgIpc) is 2.88. The normalized spacial score (nSPS) is 23.7. The lowest BCUT2D eigenvalue weighted by Gasteiger charge is -2.21. The molecule has 4 atom stereocenters. The van der Waals surface area contributed by atoms with Crippen LogP contribution in [0.15, 0.2) is 35.6 Å². The predicted molar refractivity (Wildman–Crippen MR) is 96.6 cm³/mol. The van der Waals surface area contributed by atoms with E-state index in [1.807, 2.05) is 6.92 Å². The van der Waals surface area contributed by atoms with Crippen molar-refractivity contribution in [3.05, 3.63) is 35.6 Å². The first-order valence-electron chi connectivity index (χ1n) is 8.64. The van der Waals surface area contributed by atoms with E-state index in [9.17, 15) is 19.8 Å². The molecular weight excluding hydrogens is 356 g/mol. The van der Waals surface area contributed by atoms with Crippen molar-refractivity contribution in [2.45, 2.75) is 51.1 Å². The third-order valence-corrected chi connectivity index (χ3v) is 4.04. The summed E-state index contributed by atoms with van der Waals surface area (Å²) >= 11 is 0. The first-order valence-corrected chi connectivity index (χ1v) is 8.64. The van der Waals surface area contributed by atoms with Crippen LogP contribution in [0.3, 0.4) is 0 Å². The van der Waals surface area contributed by atoms with Gasteiger partial charge in [-0.05, 0) is 26.8 Å². The van der Waals surface area contributed by atoms with Gasteiger partial charge in [-0.15, -0.1) is 0 Å². The Labute approximate surface area is 158 Å². The zero-order chi connectivity index (χ0) is 20.6. The first-order chi connectivity index (χ1) is 12.7. The lowest BCUT2D eigenvalue weighted by atomic mass is 9.98. The molecule has 8 heteroatoms. The van der Waals surface area contributed by atoms with E-state index in [1.165, 1.54) is 7.11 Å². The Bertz CT molecular complexity index is 621. The fourth-order valence-electron chi connectivity index (χ4n) is 2.55. The van der Waals surface area contributed by atoms with Crippen LogP contribution in [0.1, 0.15) is 27.2 Å². The maximum Gasteiger partial charge on any atom is 0.346 e. The van der Waals surface area contributed by atoms with Crippen LogP contribution in [0.4, 0.5) is 0 Å². The molecule has 0 amide bonds. The lowest BCUT2D eigenvalue weighted by molar-refractivity contribution is -0.144. The number of aliphatic hydroxyl groups excluding tert-OH is 3. The monoisotopic (exact) mass is 384 g/mol. The number of allylic oxidation sites excluding steroid dienone is 3. The average molecular weight is 384 g/mol. The van der Waals surface area contributed by atoms with Crippen LogP contribution in [0.25, 0.3) is 0 Å². The molecule has 1 rings (SSSR count). The quantitative estimate of drug-likeness (QED) is 0.266. The summed E-state index contributed by atoms with van der Waals surface area (Å²) in [5.74, 6) is -1.15. The van der Waals surface area contributed by atoms with E-state index in [2.05, 4.69) is 0 Å². The van der Waals surface area contributed by atoms with Gasteiger partial charge in [-0.2, -0.15) is 0 Å². The van der Waals surface area contributed by atoms with Gasteiger partial charge >= 0.3 is 5.97 Å². The summed E-state index contributed by atoms with van der Waals surface area (Å²) in [6.07, 6.45) is 3.49. The Morgan fingerprint density at radius 2 is 1.96 bits per heavy atom. The van der Waals surface area contributed by atoms with Crippen molar-refractivity contribution in [2.75, 3.05) is 20.3 Å². The molecular formula is C19H28O8. The number of ketones is 1. The minimum Gasteiger partial charge on any atom is -0.495 e. The van der Waals surface area contributed by atoms with Crippen LogP contribution in [-0.4, -0.2) is 71.3 Å². The van der Waals surface area contributed by atoms with E-state index in [0.717, 1.165) is 0 Å². The number of rotatable bonds is 11. The third-order valence-electron chi connectivity index (χ3n) is 4.04. The summed E-state index contributed by atoms with van der Waals surface area (Å²) < 4.78 is 15.9. The molecule has 152 valence electrons. The van der Waals surface area contributed by atoms with Crippen LogP contribution < -0.4 is 0 Å². The fraction of sp³-hybridized carbons (Fsp3) is 0.579. The van der Waals surface area contributed by atoms with Gasteiger partial charge in [0, 0.05) is 6.42 Å². The van der Waals surface area contributed by atoms with Crippen LogP contribution in [-0.2, 0) is 23.8 Å². The third kappa shape index (κ3) is 6.00. The maximum absolute atomic E-state index is 12.6. The summed E-state index contributed by atoms with van der Waals surface area (Å²) in [6, 6.07) is 0. The van der Waals surface area contributed by atoms with Gasteiger partial charge in [0.15, 0.2) is 17.1 Å². The van der Waals surface area contributed by atoms with Crippen molar-refractivity contribution in [1.29, 1.82) is 0 Å². The number of ether oxygens (including phenoxy) is 3. The molecule has 27 heavy (non-hydrogen) atoms. The van der Waals surface area contributed by atoms with Gasteiger partial charge in [0.05, 0.1) is 26.4 Å². The Morgan fingerprint density at radius 3 is 2.52 bits per heavy atom. The minimum absolute atomic E-state index is 0.126. The predicted octanol–water partition coefficient (Wildman–Crippen LogP) is 0.413. The van der Waals surface area contributed by atoms with Crippen molar-refractivity contribution < 1.29 is 39.1 Å². The molecule has 0 fully saturated rings. The number of hydrogen-bond donors (Lipinski definition) is 3. The standard InChI is InChI=1S/C19H28O8/c1-5-6-7-8-19(3)17(25-4)16(18(24)27-19)13(21)9-12(2)26-11-15(23)14(22)10-20/h5-8,12,14-15,20,22-23H,9-11H2,1-4H3. The smallest absolute Gasteiger partial charge is 0.346 e. The molecule has 0 saturated heterocycles. The molecule has 1 aliphatic heterocycles. The molecule has 0 radical (unpaired) electrons. The van der Waals surface area contributed by atoms with Crippen molar-refractivity contribution >= 4 is 11.8 Å². The van der Waals surface area contributed by atoms with Crippen molar-refractivity contribution in [1.82, 2.24) is 0 Å². The topological polar surface area (TPSA) is 123 Å². The fourth-order valence-corrected chi connectivity index (χ4v) is 2.55. The van der Waals surface area contributed by atoms with Crippen LogP contribution in [0.5, 0.6) is 0 Å². The van der Waals surface area contributed by atoms with E-state index < -0.39 is 42.3 Å². The number of Topliss-reactive ketones (excluding diaryl/α,β-unsaturated/α-hetero) is 1. The number of carbonyl (C=O) groups excluding carboxylic acids is 2. The second-order valence-electron chi connectivity index (χ2n) is 6.38. The molecule has 0 aromatic carbocycles. The number of aliphatic hydroxyl groups is 3. The highest BCUT2D eigenvalue weighted by Crippen LogP contribution is 2.35. The zero-order valence-corrected chi connectivity index (χ0v) is 16.0. The first kappa shape index (κ1) is 23.0. The molecule has 3 N–H and O–H groups in total. The van der Waals surface area contributed by atoms with Gasteiger partial charge in [0.2, 0.25) is 0 Å². The van der Waals surface area contributed by atoms with E-state index in [4.69, 9.17) is 19.3 Å². The molecule has 1 aliphatic rings. The number of cyclic esters (lactones) is 1. The molecule has 1 heterocycles. The van der Waals surface area contributed by atoms with Gasteiger partial charge in [0.25, 0.3) is 0 Å². The van der Waals surface area contributed by atoms with Crippen LogP contribution in [0, 0.1) is 0 Å². The molecule has 0 aromatic rings. The number of hydrogen-bond acceptors (Lipinski definition) is 8. The van der Waals surface area contributed by atoms with Crippen LogP contribution in [0.2, 0.25) is 0 Å². The summed E-state index contributed by atoms with van der Waals surface area (Å²) in [5.41, 5.74) is -1.35. The summed E-state index contributed by atoms with van der Waals surface area (Å²) in [7, 11) is 1.36. The molecule has 0 aromatic heterocycles. The van der Waals surface area contributed by atoms with E-state index in [0.29, 0.717) is 0 Å². The number of carbonyl (C=O) groups is 2. The largest absolute Gasteiger partial charge is 0.495 e. The van der Waals surface area contributed by atoms with E-state index in [1.54, 1.807) is 38.2 Å². The minimum atomic E-state index is -1.33. The molecule has 0 saturated carbocycles. The second-order valence-corrected chi connectivity index (χ2v) is 6.38. The SMILES string of the molecule is CC=CC=CC1(C)OC(=O)C(C(=O)CC(C)OCC(O)C(O)CO)=C1OC. The van der Waals surface area contributed by atoms with Gasteiger partial charge in [-0.3, -0.25) is 4.79 Å². The van der Waals surface area contributed by atoms with Crippen molar-refractivity contribution in [2.24, 2.45) is 0 Å². The second kappa shape index (κ2) is 10.4. The van der Waals surface area contributed by atoms with Gasteiger partial charge in [-0.25, -0.2) is 4.79 Å². The lowest BCUT2D eigenvalue weighted by Crippen LogP contribution is -2.34. The zero-order valence-electron chi connectivity index (χ0n) is 16.0. The highest BCUT2D eigenvalue weighted by molar-refractivity contribution is 6.19. The Kier molecular flexibility index (Phi) is 8.84. The Balaban J connectivity index is 2.85. The number of methoxy groups -OCH3 is 1. The van der Waals surface area contributed by atoms with E-state index >= 15 is 0 Å². The van der Waals surface area contributed by atoms with Crippen LogP contribution >= 0.6 is 0 Å². The molecule has 4 unspecified atom stereocenters. The Morgan fingerprint density at radius 1 is 1.30 bits per heavy atom. The summed E-state index contributed by atoms with van der Waals surface area (Å²) in [4.78, 5) is 24.8. The number of esters is 1. The molecule has 8 nitrogen and oxygen atoms in total. The van der Waals surface area contributed by atoms with Crippen molar-refractivity contribution in [3.63, 3.8) is 0 Å². The van der Waals surface area contributed by atoms with Crippen molar-refractivity contribution in [3.8, 4) is 0 Å².